The van der Waals surface area contributed by atoms with Crippen LogP contribution in [-0.4, -0.2) is 38.1 Å². The van der Waals surface area contributed by atoms with Crippen LogP contribution >= 0.6 is 23.2 Å². The second kappa shape index (κ2) is 7.96. The fourth-order valence-electron chi connectivity index (χ4n) is 2.80. The number of nitrogens with one attached hydrogen (secondary N) is 1. The van der Waals surface area contributed by atoms with Crippen molar-refractivity contribution in [3.63, 3.8) is 0 Å². The number of benzene rings is 2. The molecule has 5 nitrogen and oxygen atoms in total. The minimum Gasteiger partial charge on any atom is -0.376 e. The molecule has 26 heavy (non-hydrogen) atoms. The topological polar surface area (TPSA) is 66.5 Å². The van der Waals surface area contributed by atoms with Crippen LogP contribution in [0, 0.1) is 0 Å². The Bertz CT molecular complexity index is 909. The molecule has 1 saturated heterocycles. The molecule has 3 rings (SSSR count). The first-order valence-electron chi connectivity index (χ1n) is 8.20. The van der Waals surface area contributed by atoms with Gasteiger partial charge in [0.1, 0.15) is 0 Å². The predicted octanol–water partition coefficient (Wildman–Crippen LogP) is 4.07. The van der Waals surface area contributed by atoms with Gasteiger partial charge in [-0.3, -0.25) is 4.79 Å². The number of rotatable bonds is 6. The molecule has 0 radical (unpaired) electrons. The molecule has 1 fully saturated rings. The first kappa shape index (κ1) is 19.2. The summed E-state index contributed by atoms with van der Waals surface area (Å²) in [5.41, 5.74) is 1.04. The van der Waals surface area contributed by atoms with Gasteiger partial charge >= 0.3 is 0 Å². The Morgan fingerprint density at radius 3 is 2.31 bits per heavy atom. The minimum atomic E-state index is -3.47. The Balaban J connectivity index is 1.67. The summed E-state index contributed by atoms with van der Waals surface area (Å²) >= 11 is 11.9. The lowest BCUT2D eigenvalue weighted by atomic mass is 10.1. The van der Waals surface area contributed by atoms with Gasteiger partial charge in [0.25, 0.3) is 0 Å². The predicted molar refractivity (Wildman–Crippen MR) is 104 cm³/mol. The molecule has 0 unspecified atom stereocenters. The molecule has 0 saturated carbocycles. The summed E-state index contributed by atoms with van der Waals surface area (Å²) in [6, 6.07) is 11.0. The molecule has 1 aliphatic rings. The number of halogens is 2. The van der Waals surface area contributed by atoms with Crippen molar-refractivity contribution in [2.24, 2.45) is 0 Å². The number of Topliss-reactive ketones (excluding diaryl/α,β-unsaturated/α-hetero) is 1. The van der Waals surface area contributed by atoms with E-state index in [2.05, 4.69) is 5.32 Å². The van der Waals surface area contributed by atoms with Gasteiger partial charge < -0.3 is 5.32 Å². The molecule has 8 heteroatoms. The zero-order valence-electron chi connectivity index (χ0n) is 13.9. The molecule has 2 aromatic rings. The SMILES string of the molecule is O=C(CNc1ccc(Cl)cc1Cl)c1ccc(S(=O)(=O)N2CCCC2)cc1. The van der Waals surface area contributed by atoms with E-state index in [1.807, 2.05) is 0 Å². The number of hydrogen-bond acceptors (Lipinski definition) is 4. The maximum atomic E-state index is 12.5. The van der Waals surface area contributed by atoms with Crippen LogP contribution in [-0.2, 0) is 10.0 Å². The molecule has 0 amide bonds. The van der Waals surface area contributed by atoms with Gasteiger partial charge in [-0.25, -0.2) is 8.42 Å². The highest BCUT2D eigenvalue weighted by Crippen LogP contribution is 2.25. The van der Waals surface area contributed by atoms with Crippen molar-refractivity contribution < 1.29 is 13.2 Å². The Hall–Kier alpha value is -1.60. The molecular formula is C18H18Cl2N2O3S. The van der Waals surface area contributed by atoms with Gasteiger partial charge in [-0.1, -0.05) is 23.2 Å². The summed E-state index contributed by atoms with van der Waals surface area (Å²) in [7, 11) is -3.47. The Morgan fingerprint density at radius 2 is 1.69 bits per heavy atom. The van der Waals surface area contributed by atoms with Crippen molar-refractivity contribution >= 4 is 44.7 Å². The van der Waals surface area contributed by atoms with Crippen molar-refractivity contribution in [1.29, 1.82) is 0 Å². The molecule has 1 heterocycles. The first-order valence-corrected chi connectivity index (χ1v) is 10.4. The minimum absolute atomic E-state index is 0.0412. The molecule has 0 atom stereocenters. The highest BCUT2D eigenvalue weighted by atomic mass is 35.5. The summed E-state index contributed by atoms with van der Waals surface area (Å²) in [6.07, 6.45) is 1.77. The van der Waals surface area contributed by atoms with Gasteiger partial charge in [-0.2, -0.15) is 4.31 Å². The quantitative estimate of drug-likeness (QED) is 0.725. The van der Waals surface area contributed by atoms with Crippen LogP contribution in [0.1, 0.15) is 23.2 Å². The third-order valence-electron chi connectivity index (χ3n) is 4.25. The van der Waals surface area contributed by atoms with E-state index in [4.69, 9.17) is 23.2 Å². The first-order chi connectivity index (χ1) is 12.4. The second-order valence-electron chi connectivity index (χ2n) is 6.04. The number of carbonyl (C=O) groups excluding carboxylic acids is 1. The Labute approximate surface area is 163 Å². The maximum absolute atomic E-state index is 12.5. The highest BCUT2D eigenvalue weighted by Gasteiger charge is 2.27. The van der Waals surface area contributed by atoms with E-state index in [1.54, 1.807) is 18.2 Å². The van der Waals surface area contributed by atoms with Crippen LogP contribution in [0.15, 0.2) is 47.4 Å². The molecule has 0 bridgehead atoms. The molecule has 138 valence electrons. The van der Waals surface area contributed by atoms with Crippen molar-refractivity contribution in [3.05, 3.63) is 58.1 Å². The van der Waals surface area contributed by atoms with Crippen molar-refractivity contribution in [1.82, 2.24) is 4.31 Å². The fraction of sp³-hybridized carbons (Fsp3) is 0.278. The standard InChI is InChI=1S/C18H18Cl2N2O3S/c19-14-5-8-17(16(20)11-14)21-12-18(23)13-3-6-15(7-4-13)26(24,25)22-9-1-2-10-22/h3-8,11,21H,1-2,9-10,12H2. The van der Waals surface area contributed by atoms with Gasteiger partial charge in [0.05, 0.1) is 22.2 Å². The molecule has 1 aliphatic heterocycles. The molecule has 0 aromatic heterocycles. The lowest BCUT2D eigenvalue weighted by molar-refractivity contribution is 0.101. The second-order valence-corrected chi connectivity index (χ2v) is 8.82. The van der Waals surface area contributed by atoms with E-state index in [-0.39, 0.29) is 17.2 Å². The largest absolute Gasteiger partial charge is 0.376 e. The van der Waals surface area contributed by atoms with Crippen molar-refractivity contribution in [2.45, 2.75) is 17.7 Å². The summed E-state index contributed by atoms with van der Waals surface area (Å²) in [5, 5.41) is 3.90. The van der Waals surface area contributed by atoms with E-state index >= 15 is 0 Å². The Kier molecular flexibility index (Phi) is 5.87. The van der Waals surface area contributed by atoms with Crippen molar-refractivity contribution in [2.75, 3.05) is 25.0 Å². The van der Waals surface area contributed by atoms with Crippen LogP contribution in [0.4, 0.5) is 5.69 Å². The normalized spacial score (nSPS) is 15.2. The summed E-state index contributed by atoms with van der Waals surface area (Å²) < 4.78 is 26.5. The molecule has 2 aromatic carbocycles. The third kappa shape index (κ3) is 4.20. The Morgan fingerprint density at radius 1 is 1.04 bits per heavy atom. The number of ketones is 1. The maximum Gasteiger partial charge on any atom is 0.243 e. The summed E-state index contributed by atoms with van der Waals surface area (Å²) in [6.45, 7) is 1.14. The van der Waals surface area contributed by atoms with Gasteiger partial charge in [-0.05, 0) is 55.3 Å². The third-order valence-corrected chi connectivity index (χ3v) is 6.71. The average Bonchev–Trinajstić information content (AvgIpc) is 3.16. The number of carbonyl (C=O) groups is 1. The van der Waals surface area contributed by atoms with Crippen LogP contribution in [0.5, 0.6) is 0 Å². The van der Waals surface area contributed by atoms with E-state index in [0.29, 0.717) is 34.4 Å². The van der Waals surface area contributed by atoms with Gasteiger partial charge in [0.2, 0.25) is 10.0 Å². The van der Waals surface area contributed by atoms with Crippen LogP contribution in [0.25, 0.3) is 0 Å². The van der Waals surface area contributed by atoms with Crippen LogP contribution in [0.3, 0.4) is 0 Å². The van der Waals surface area contributed by atoms with E-state index in [9.17, 15) is 13.2 Å². The highest BCUT2D eigenvalue weighted by molar-refractivity contribution is 7.89. The monoisotopic (exact) mass is 412 g/mol. The van der Waals surface area contributed by atoms with Crippen LogP contribution < -0.4 is 5.32 Å². The lowest BCUT2D eigenvalue weighted by Gasteiger charge is -2.15. The number of anilines is 1. The lowest BCUT2D eigenvalue weighted by Crippen LogP contribution is -2.27. The fourth-order valence-corrected chi connectivity index (χ4v) is 4.79. The molecule has 0 spiro atoms. The molecule has 1 N–H and O–H groups in total. The van der Waals surface area contributed by atoms with Gasteiger partial charge in [0.15, 0.2) is 5.78 Å². The average molecular weight is 413 g/mol. The molecule has 0 aliphatic carbocycles. The van der Waals surface area contributed by atoms with Crippen molar-refractivity contribution in [3.8, 4) is 0 Å². The van der Waals surface area contributed by atoms with Crippen LogP contribution in [0.2, 0.25) is 10.0 Å². The van der Waals surface area contributed by atoms with Gasteiger partial charge in [0, 0.05) is 23.7 Å². The van der Waals surface area contributed by atoms with E-state index in [0.717, 1.165) is 12.8 Å². The summed E-state index contributed by atoms with van der Waals surface area (Å²) in [5.74, 6) is -0.166. The van der Waals surface area contributed by atoms with E-state index in [1.165, 1.54) is 28.6 Å². The zero-order valence-corrected chi connectivity index (χ0v) is 16.2. The van der Waals surface area contributed by atoms with Gasteiger partial charge in [-0.15, -0.1) is 0 Å². The number of nitrogens with zero attached hydrogens (tertiary/aromatic N) is 1. The number of hydrogen-bond donors (Lipinski definition) is 1. The zero-order chi connectivity index (χ0) is 18.7. The summed E-state index contributed by atoms with van der Waals surface area (Å²) in [4.78, 5) is 12.5. The number of sulfonamides is 1. The molecular weight excluding hydrogens is 395 g/mol. The van der Waals surface area contributed by atoms with E-state index < -0.39 is 10.0 Å². The smallest absolute Gasteiger partial charge is 0.243 e.